The lowest BCUT2D eigenvalue weighted by Crippen LogP contribution is -2.15. The lowest BCUT2D eigenvalue weighted by atomic mass is 9.80. The van der Waals surface area contributed by atoms with E-state index in [0.717, 1.165) is 39.3 Å². The van der Waals surface area contributed by atoms with Gasteiger partial charge in [-0.25, -0.2) is 9.97 Å². The minimum atomic E-state index is -0.0950. The van der Waals surface area contributed by atoms with Crippen molar-refractivity contribution in [1.82, 2.24) is 15.0 Å². The van der Waals surface area contributed by atoms with Gasteiger partial charge in [-0.15, -0.1) is 0 Å². The largest absolute Gasteiger partial charge is 0.255 e. The van der Waals surface area contributed by atoms with Crippen LogP contribution in [0, 0.1) is 0 Å². The Labute approximate surface area is 251 Å². The third kappa shape index (κ3) is 4.24. The lowest BCUT2D eigenvalue weighted by molar-refractivity contribution is 0.666. The molecule has 0 aliphatic heterocycles. The van der Waals surface area contributed by atoms with Gasteiger partial charge in [-0.1, -0.05) is 123 Å². The Balaban J connectivity index is 1.27. The molecule has 43 heavy (non-hydrogen) atoms. The van der Waals surface area contributed by atoms with Crippen molar-refractivity contribution in [2.24, 2.45) is 0 Å². The summed E-state index contributed by atoms with van der Waals surface area (Å²) in [5.74, 6) is 0.663. The summed E-state index contributed by atoms with van der Waals surface area (Å²) in [6.45, 7) is 4.68. The number of hydrogen-bond donors (Lipinski definition) is 0. The van der Waals surface area contributed by atoms with Crippen LogP contribution in [0.3, 0.4) is 0 Å². The van der Waals surface area contributed by atoms with E-state index in [-0.39, 0.29) is 5.41 Å². The van der Waals surface area contributed by atoms with Crippen molar-refractivity contribution in [2.45, 2.75) is 19.3 Å². The molecule has 0 amide bonds. The Morgan fingerprint density at radius 2 is 1.14 bits per heavy atom. The van der Waals surface area contributed by atoms with Crippen molar-refractivity contribution in [1.29, 1.82) is 0 Å². The molecule has 0 N–H and O–H groups in total. The highest BCUT2D eigenvalue weighted by atomic mass is 14.9. The normalized spacial score (nSPS) is 13.1. The second-order valence-electron chi connectivity index (χ2n) is 11.7. The summed E-state index contributed by atoms with van der Waals surface area (Å²) in [4.78, 5) is 14.9. The zero-order chi connectivity index (χ0) is 29.0. The van der Waals surface area contributed by atoms with Gasteiger partial charge in [0.25, 0.3) is 0 Å². The van der Waals surface area contributed by atoms with E-state index in [9.17, 15) is 0 Å². The van der Waals surface area contributed by atoms with Gasteiger partial charge >= 0.3 is 0 Å². The van der Waals surface area contributed by atoms with E-state index >= 15 is 0 Å². The van der Waals surface area contributed by atoms with Crippen molar-refractivity contribution in [3.05, 3.63) is 151 Å². The number of aromatic nitrogens is 3. The summed E-state index contributed by atoms with van der Waals surface area (Å²) in [6, 6.07) is 46.8. The quantitative estimate of drug-likeness (QED) is 0.218. The third-order valence-corrected chi connectivity index (χ3v) is 8.72. The minimum Gasteiger partial charge on any atom is -0.255 e. The fraction of sp³-hybridized carbons (Fsp3) is 0.0750. The van der Waals surface area contributed by atoms with Crippen molar-refractivity contribution in [2.75, 3.05) is 0 Å². The summed E-state index contributed by atoms with van der Waals surface area (Å²) >= 11 is 0. The molecule has 2 aromatic heterocycles. The molecule has 5 aromatic carbocycles. The Morgan fingerprint density at radius 1 is 0.488 bits per heavy atom. The van der Waals surface area contributed by atoms with E-state index < -0.39 is 0 Å². The summed E-state index contributed by atoms with van der Waals surface area (Å²) in [5, 5.41) is 2.60. The Kier molecular flexibility index (Phi) is 5.80. The summed E-state index contributed by atoms with van der Waals surface area (Å²) in [6.07, 6.45) is 1.88. The molecule has 0 radical (unpaired) electrons. The van der Waals surface area contributed by atoms with E-state index in [0.29, 0.717) is 5.82 Å². The molecule has 0 saturated carbocycles. The second kappa shape index (κ2) is 9.85. The topological polar surface area (TPSA) is 38.7 Å². The van der Waals surface area contributed by atoms with Gasteiger partial charge in [-0.05, 0) is 57.3 Å². The van der Waals surface area contributed by atoms with Crippen molar-refractivity contribution in [3.63, 3.8) is 0 Å². The average Bonchev–Trinajstić information content (AvgIpc) is 3.31. The lowest BCUT2D eigenvalue weighted by Gasteiger charge is -2.23. The van der Waals surface area contributed by atoms with E-state index in [1.54, 1.807) is 0 Å². The second-order valence-corrected chi connectivity index (χ2v) is 11.7. The van der Waals surface area contributed by atoms with E-state index in [4.69, 9.17) is 15.0 Å². The number of rotatable bonds is 4. The Hall–Kier alpha value is -5.41. The highest BCUT2D eigenvalue weighted by Crippen LogP contribution is 2.52. The van der Waals surface area contributed by atoms with Crippen LogP contribution in [0.1, 0.15) is 25.0 Å². The van der Waals surface area contributed by atoms with Gasteiger partial charge < -0.3 is 0 Å². The Morgan fingerprint density at radius 3 is 1.86 bits per heavy atom. The predicted octanol–water partition coefficient (Wildman–Crippen LogP) is 10.00. The van der Waals surface area contributed by atoms with Crippen molar-refractivity contribution < 1.29 is 0 Å². The molecule has 8 rings (SSSR count). The van der Waals surface area contributed by atoms with Crippen LogP contribution in [0.25, 0.3) is 67.1 Å². The predicted molar refractivity (Wildman–Crippen MR) is 177 cm³/mol. The number of fused-ring (bicyclic) bond motifs is 5. The molecule has 0 atom stereocenters. The molecule has 1 aliphatic carbocycles. The van der Waals surface area contributed by atoms with Crippen LogP contribution < -0.4 is 0 Å². The van der Waals surface area contributed by atoms with Crippen LogP contribution in [-0.2, 0) is 5.41 Å². The van der Waals surface area contributed by atoms with Crippen LogP contribution in [0.5, 0.6) is 0 Å². The molecule has 0 spiro atoms. The highest BCUT2D eigenvalue weighted by molar-refractivity contribution is 5.98. The standard InChI is InChI=1S/C40H29N3/c1-40(2)34-21-18-29(23-33(34)32-20-17-26-11-9-10-16-31(26)38(32)40)37-24-36(28-14-7-4-8-15-28)42-39(43-37)30-19-22-35(41-25-30)27-12-5-3-6-13-27/h3-25H,1-2H3. The van der Waals surface area contributed by atoms with Gasteiger partial charge in [-0.3, -0.25) is 4.98 Å². The molecule has 3 heteroatoms. The minimum absolute atomic E-state index is 0.0950. The SMILES string of the molecule is CC1(C)c2ccc(-c3cc(-c4ccccc4)nc(-c4ccc(-c5ccccc5)nc4)n3)cc2-c2ccc3ccccc3c21. The third-order valence-electron chi connectivity index (χ3n) is 8.72. The Bertz CT molecular complexity index is 2130. The fourth-order valence-corrected chi connectivity index (χ4v) is 6.56. The van der Waals surface area contributed by atoms with Crippen LogP contribution in [-0.4, -0.2) is 15.0 Å². The van der Waals surface area contributed by atoms with E-state index in [2.05, 4.69) is 105 Å². The summed E-state index contributed by atoms with van der Waals surface area (Å²) in [5.41, 5.74) is 12.0. The number of benzene rings is 5. The maximum Gasteiger partial charge on any atom is 0.161 e. The zero-order valence-electron chi connectivity index (χ0n) is 24.1. The first-order chi connectivity index (χ1) is 21.1. The van der Waals surface area contributed by atoms with Gasteiger partial charge in [0, 0.05) is 33.9 Å². The summed E-state index contributed by atoms with van der Waals surface area (Å²) in [7, 11) is 0. The number of pyridine rings is 1. The van der Waals surface area contributed by atoms with Gasteiger partial charge in [0.05, 0.1) is 17.1 Å². The first-order valence-corrected chi connectivity index (χ1v) is 14.7. The first-order valence-electron chi connectivity index (χ1n) is 14.7. The maximum atomic E-state index is 5.12. The van der Waals surface area contributed by atoms with Gasteiger partial charge in [-0.2, -0.15) is 0 Å². The number of hydrogen-bond acceptors (Lipinski definition) is 3. The molecule has 0 unspecified atom stereocenters. The average molecular weight is 552 g/mol. The van der Waals surface area contributed by atoms with Crippen LogP contribution >= 0.6 is 0 Å². The van der Waals surface area contributed by atoms with E-state index in [1.165, 1.54) is 33.0 Å². The number of nitrogens with zero attached hydrogens (tertiary/aromatic N) is 3. The molecule has 1 aliphatic rings. The van der Waals surface area contributed by atoms with Crippen LogP contribution in [0.15, 0.2) is 140 Å². The zero-order valence-corrected chi connectivity index (χ0v) is 24.1. The summed E-state index contributed by atoms with van der Waals surface area (Å²) < 4.78 is 0. The highest BCUT2D eigenvalue weighted by Gasteiger charge is 2.37. The van der Waals surface area contributed by atoms with Gasteiger partial charge in [0.15, 0.2) is 5.82 Å². The van der Waals surface area contributed by atoms with Crippen LogP contribution in [0.4, 0.5) is 0 Å². The van der Waals surface area contributed by atoms with E-state index in [1.807, 2.05) is 48.7 Å². The molecule has 7 aromatic rings. The van der Waals surface area contributed by atoms with Crippen molar-refractivity contribution in [3.8, 4) is 56.3 Å². The molecular weight excluding hydrogens is 522 g/mol. The molecule has 2 heterocycles. The van der Waals surface area contributed by atoms with Crippen LogP contribution in [0.2, 0.25) is 0 Å². The molecule has 0 bridgehead atoms. The fourth-order valence-electron chi connectivity index (χ4n) is 6.56. The molecular formula is C40H29N3. The molecule has 0 saturated heterocycles. The first kappa shape index (κ1) is 25.3. The van der Waals surface area contributed by atoms with Gasteiger partial charge in [0.1, 0.15) is 0 Å². The molecule has 3 nitrogen and oxygen atoms in total. The monoisotopic (exact) mass is 551 g/mol. The molecule has 0 fully saturated rings. The smallest absolute Gasteiger partial charge is 0.161 e. The van der Waals surface area contributed by atoms with Gasteiger partial charge in [0.2, 0.25) is 0 Å². The molecule has 204 valence electrons. The maximum absolute atomic E-state index is 5.12. The van der Waals surface area contributed by atoms with Crippen molar-refractivity contribution >= 4 is 10.8 Å².